The number of alkyl halides is 3. The molecule has 0 unspecified atom stereocenters. The third kappa shape index (κ3) is 7.67. The standard InChI is InChI=1S/C16H31F3N6O2S.HI/c1-3-23-10-12-24(13-11-23)9-6-21-15(20-2)22-14-4-7-25(8-5-14)28(26,27)16(17,18)19;/h14H,3-13H2,1-2H3,(H2,20,21,22);1H. The summed E-state index contributed by atoms with van der Waals surface area (Å²) in [5.74, 6) is 0.587. The van der Waals surface area contributed by atoms with Crippen LogP contribution in [-0.4, -0.2) is 106 Å². The van der Waals surface area contributed by atoms with Gasteiger partial charge in [-0.05, 0) is 19.4 Å². The Labute approximate surface area is 188 Å². The highest BCUT2D eigenvalue weighted by molar-refractivity contribution is 14.0. The van der Waals surface area contributed by atoms with Crippen LogP contribution in [0.5, 0.6) is 0 Å². The van der Waals surface area contributed by atoms with Gasteiger partial charge in [-0.3, -0.25) is 9.89 Å². The average molecular weight is 556 g/mol. The smallest absolute Gasteiger partial charge is 0.355 e. The van der Waals surface area contributed by atoms with Gasteiger partial charge < -0.3 is 15.5 Å². The molecule has 2 heterocycles. The van der Waals surface area contributed by atoms with E-state index in [1.807, 2.05) is 0 Å². The molecule has 0 aromatic heterocycles. The van der Waals surface area contributed by atoms with E-state index in [0.29, 0.717) is 29.7 Å². The third-order valence-corrected chi connectivity index (χ3v) is 6.91. The molecule has 2 N–H and O–H groups in total. The Kier molecular flexibility index (Phi) is 10.9. The van der Waals surface area contributed by atoms with Gasteiger partial charge >= 0.3 is 15.5 Å². The second kappa shape index (κ2) is 11.9. The van der Waals surface area contributed by atoms with Gasteiger partial charge in [-0.1, -0.05) is 6.92 Å². The van der Waals surface area contributed by atoms with E-state index in [1.165, 1.54) is 0 Å². The molecule has 0 saturated carbocycles. The number of nitrogens with one attached hydrogen (secondary N) is 2. The van der Waals surface area contributed by atoms with Crippen LogP contribution in [0.4, 0.5) is 13.2 Å². The monoisotopic (exact) mass is 556 g/mol. The lowest BCUT2D eigenvalue weighted by Crippen LogP contribution is -2.53. The summed E-state index contributed by atoms with van der Waals surface area (Å²) in [6.07, 6.45) is 0.601. The minimum atomic E-state index is -5.24. The van der Waals surface area contributed by atoms with Gasteiger partial charge in [0.05, 0.1) is 0 Å². The van der Waals surface area contributed by atoms with Crippen LogP contribution in [0.3, 0.4) is 0 Å². The second-order valence-electron chi connectivity index (χ2n) is 7.04. The quantitative estimate of drug-likeness (QED) is 0.285. The second-order valence-corrected chi connectivity index (χ2v) is 8.97. The summed E-state index contributed by atoms with van der Waals surface area (Å²) in [7, 11) is -3.60. The van der Waals surface area contributed by atoms with Gasteiger partial charge in [0.15, 0.2) is 5.96 Å². The van der Waals surface area contributed by atoms with E-state index >= 15 is 0 Å². The van der Waals surface area contributed by atoms with Crippen LogP contribution in [0.15, 0.2) is 4.99 Å². The lowest BCUT2D eigenvalue weighted by molar-refractivity contribution is -0.0494. The van der Waals surface area contributed by atoms with E-state index in [0.717, 1.165) is 39.3 Å². The molecule has 0 aromatic rings. The number of piperidine rings is 1. The third-order valence-electron chi connectivity index (χ3n) is 5.28. The molecule has 0 spiro atoms. The Balaban J connectivity index is 0.00000420. The fraction of sp³-hybridized carbons (Fsp3) is 0.938. The lowest BCUT2D eigenvalue weighted by atomic mass is 10.1. The minimum Gasteiger partial charge on any atom is -0.355 e. The predicted octanol–water partition coefficient (Wildman–Crippen LogP) is 0.721. The maximum atomic E-state index is 12.6. The minimum absolute atomic E-state index is 0. The molecule has 2 aliphatic heterocycles. The summed E-state index contributed by atoms with van der Waals surface area (Å²) in [6, 6.07) is -0.112. The van der Waals surface area contributed by atoms with Gasteiger partial charge in [-0.15, -0.1) is 24.0 Å². The van der Waals surface area contributed by atoms with E-state index in [2.05, 4.69) is 32.3 Å². The molecule has 0 aromatic carbocycles. The molecule has 2 aliphatic rings. The first-order valence-electron chi connectivity index (χ1n) is 9.65. The van der Waals surface area contributed by atoms with Gasteiger partial charge in [-0.25, -0.2) is 8.42 Å². The number of hydrogen-bond donors (Lipinski definition) is 2. The molecule has 0 bridgehead atoms. The number of likely N-dealkylation sites (N-methyl/N-ethyl adjacent to an activating group) is 1. The van der Waals surface area contributed by atoms with Crippen LogP contribution < -0.4 is 10.6 Å². The van der Waals surface area contributed by atoms with Crippen molar-refractivity contribution >= 4 is 40.0 Å². The van der Waals surface area contributed by atoms with Crippen molar-refractivity contribution in [3.63, 3.8) is 0 Å². The molecule has 29 heavy (non-hydrogen) atoms. The van der Waals surface area contributed by atoms with Crippen LogP contribution in [0.2, 0.25) is 0 Å². The molecular weight excluding hydrogens is 524 g/mol. The van der Waals surface area contributed by atoms with Crippen molar-refractivity contribution < 1.29 is 21.6 Å². The lowest BCUT2D eigenvalue weighted by Gasteiger charge is -2.34. The molecule has 0 radical (unpaired) electrons. The molecule has 0 aliphatic carbocycles. The highest BCUT2D eigenvalue weighted by Gasteiger charge is 2.50. The summed E-state index contributed by atoms with van der Waals surface area (Å²) < 4.78 is 61.3. The Hall–Kier alpha value is -0.380. The molecule has 172 valence electrons. The van der Waals surface area contributed by atoms with Gasteiger partial charge in [0.25, 0.3) is 0 Å². The Morgan fingerprint density at radius 2 is 1.62 bits per heavy atom. The molecule has 0 amide bonds. The Morgan fingerprint density at radius 1 is 1.07 bits per heavy atom. The van der Waals surface area contributed by atoms with Crippen molar-refractivity contribution in [1.82, 2.24) is 24.7 Å². The SMILES string of the molecule is CCN1CCN(CCNC(=NC)NC2CCN(S(=O)(=O)C(F)(F)F)CC2)CC1.I. The summed E-state index contributed by atoms with van der Waals surface area (Å²) in [4.78, 5) is 8.95. The van der Waals surface area contributed by atoms with E-state index < -0.39 is 15.5 Å². The number of hydrogen-bond acceptors (Lipinski definition) is 5. The summed E-state index contributed by atoms with van der Waals surface area (Å²) in [5, 5.41) is 6.41. The van der Waals surface area contributed by atoms with Crippen LogP contribution in [0.25, 0.3) is 0 Å². The number of guanidine groups is 1. The van der Waals surface area contributed by atoms with Crippen LogP contribution >= 0.6 is 24.0 Å². The largest absolute Gasteiger partial charge is 0.511 e. The molecule has 13 heteroatoms. The van der Waals surface area contributed by atoms with Gasteiger partial charge in [-0.2, -0.15) is 17.5 Å². The van der Waals surface area contributed by atoms with E-state index in [4.69, 9.17) is 0 Å². The van der Waals surface area contributed by atoms with Gasteiger partial charge in [0.1, 0.15) is 0 Å². The molecule has 0 atom stereocenters. The van der Waals surface area contributed by atoms with Crippen LogP contribution in [0.1, 0.15) is 19.8 Å². The zero-order valence-corrected chi connectivity index (χ0v) is 20.1. The average Bonchev–Trinajstić information content (AvgIpc) is 2.67. The van der Waals surface area contributed by atoms with E-state index in [-0.39, 0.29) is 43.1 Å². The number of nitrogens with zero attached hydrogens (tertiary/aromatic N) is 4. The molecular formula is C16H32F3IN6O2S. The number of rotatable bonds is 6. The van der Waals surface area contributed by atoms with Crippen molar-refractivity contribution in [1.29, 1.82) is 0 Å². The zero-order chi connectivity index (χ0) is 20.8. The molecule has 2 rings (SSSR count). The highest BCUT2D eigenvalue weighted by atomic mass is 127. The molecule has 2 fully saturated rings. The fourth-order valence-electron chi connectivity index (χ4n) is 3.44. The first kappa shape index (κ1) is 26.7. The van der Waals surface area contributed by atoms with Crippen molar-refractivity contribution in [2.75, 3.05) is 66.0 Å². The van der Waals surface area contributed by atoms with Crippen molar-refractivity contribution in [2.24, 2.45) is 4.99 Å². The Bertz CT molecular complexity index is 619. The van der Waals surface area contributed by atoms with E-state index in [9.17, 15) is 21.6 Å². The van der Waals surface area contributed by atoms with Crippen molar-refractivity contribution in [3.05, 3.63) is 0 Å². The zero-order valence-electron chi connectivity index (χ0n) is 16.9. The molecule has 8 nitrogen and oxygen atoms in total. The first-order valence-corrected chi connectivity index (χ1v) is 11.1. The van der Waals surface area contributed by atoms with Gasteiger partial charge in [0.2, 0.25) is 0 Å². The maximum absolute atomic E-state index is 12.6. The van der Waals surface area contributed by atoms with Crippen molar-refractivity contribution in [2.45, 2.75) is 31.3 Å². The highest BCUT2D eigenvalue weighted by Crippen LogP contribution is 2.28. The number of aliphatic imine (C=N–C) groups is 1. The maximum Gasteiger partial charge on any atom is 0.511 e. The fourth-order valence-corrected chi connectivity index (χ4v) is 4.42. The normalized spacial score (nSPS) is 21.6. The predicted molar refractivity (Wildman–Crippen MR) is 118 cm³/mol. The summed E-state index contributed by atoms with van der Waals surface area (Å²) >= 11 is 0. The van der Waals surface area contributed by atoms with Crippen molar-refractivity contribution in [3.8, 4) is 0 Å². The summed E-state index contributed by atoms with van der Waals surface area (Å²) in [5.41, 5.74) is -5.24. The van der Waals surface area contributed by atoms with Crippen LogP contribution in [-0.2, 0) is 10.0 Å². The molecule has 2 saturated heterocycles. The number of sulfonamides is 1. The Morgan fingerprint density at radius 3 is 2.10 bits per heavy atom. The number of piperazine rings is 1. The van der Waals surface area contributed by atoms with Gasteiger partial charge in [0, 0.05) is 65.4 Å². The van der Waals surface area contributed by atoms with Crippen LogP contribution in [0, 0.1) is 0 Å². The van der Waals surface area contributed by atoms with E-state index in [1.54, 1.807) is 7.05 Å². The summed E-state index contributed by atoms with van der Waals surface area (Å²) in [6.45, 7) is 8.75. The first-order chi connectivity index (χ1) is 13.2. The topological polar surface area (TPSA) is 80.3 Å². The number of halogens is 4.